The summed E-state index contributed by atoms with van der Waals surface area (Å²) in [6, 6.07) is 15.3. The smallest absolute Gasteiger partial charge is 0.271 e. The van der Waals surface area contributed by atoms with E-state index in [0.29, 0.717) is 17.9 Å². The van der Waals surface area contributed by atoms with E-state index in [1.807, 2.05) is 18.5 Å². The Morgan fingerprint density at radius 2 is 1.79 bits per heavy atom. The van der Waals surface area contributed by atoms with Crippen molar-refractivity contribution in [1.29, 1.82) is 0 Å². The molecule has 144 valence electrons. The average Bonchev–Trinajstić information content (AvgIpc) is 2.97. The third kappa shape index (κ3) is 4.46. The SMILES string of the molecule is COc1ccc(C(=O)N/N=C\c2c(C)nn(Cc3ccc(C)cc3)c2C)cc1. The Morgan fingerprint density at radius 1 is 1.11 bits per heavy atom. The van der Waals surface area contributed by atoms with E-state index < -0.39 is 0 Å². The van der Waals surface area contributed by atoms with Crippen LogP contribution in [0.15, 0.2) is 53.6 Å². The predicted octanol–water partition coefficient (Wildman–Crippen LogP) is 3.63. The highest BCUT2D eigenvalue weighted by molar-refractivity contribution is 5.95. The number of methoxy groups -OCH3 is 1. The number of ether oxygens (including phenoxy) is 1. The molecule has 0 saturated heterocycles. The van der Waals surface area contributed by atoms with Crippen LogP contribution >= 0.6 is 0 Å². The molecule has 1 heterocycles. The first-order valence-corrected chi connectivity index (χ1v) is 9.05. The highest BCUT2D eigenvalue weighted by Gasteiger charge is 2.10. The molecule has 0 aliphatic carbocycles. The van der Waals surface area contributed by atoms with Gasteiger partial charge in [-0.2, -0.15) is 10.2 Å². The summed E-state index contributed by atoms with van der Waals surface area (Å²) in [5.74, 6) is 0.425. The van der Waals surface area contributed by atoms with Crippen molar-refractivity contribution in [3.8, 4) is 5.75 Å². The molecule has 0 radical (unpaired) electrons. The Balaban J connectivity index is 1.68. The number of hydrogen-bond donors (Lipinski definition) is 1. The highest BCUT2D eigenvalue weighted by atomic mass is 16.5. The number of amides is 1. The molecular weight excluding hydrogens is 352 g/mol. The van der Waals surface area contributed by atoms with Crippen LogP contribution in [-0.2, 0) is 6.54 Å². The van der Waals surface area contributed by atoms with E-state index in [4.69, 9.17) is 4.74 Å². The molecule has 0 saturated carbocycles. The first-order valence-electron chi connectivity index (χ1n) is 9.05. The lowest BCUT2D eigenvalue weighted by Crippen LogP contribution is -2.17. The third-order valence-corrected chi connectivity index (χ3v) is 4.60. The summed E-state index contributed by atoms with van der Waals surface area (Å²) in [6.45, 7) is 6.70. The normalized spacial score (nSPS) is 11.0. The van der Waals surface area contributed by atoms with Crippen LogP contribution in [0.5, 0.6) is 5.75 Å². The van der Waals surface area contributed by atoms with Crippen molar-refractivity contribution in [2.45, 2.75) is 27.3 Å². The van der Waals surface area contributed by atoms with Crippen molar-refractivity contribution < 1.29 is 9.53 Å². The fourth-order valence-electron chi connectivity index (χ4n) is 2.88. The maximum absolute atomic E-state index is 12.2. The van der Waals surface area contributed by atoms with E-state index >= 15 is 0 Å². The standard InChI is InChI=1S/C22H24N4O2/c1-15-5-7-18(8-6-15)14-26-17(3)21(16(2)25-26)13-23-24-22(27)19-9-11-20(28-4)12-10-19/h5-13H,14H2,1-4H3,(H,24,27)/b23-13-. The number of carbonyl (C=O) groups is 1. The summed E-state index contributed by atoms with van der Waals surface area (Å²) in [5.41, 5.74) is 8.27. The zero-order valence-corrected chi connectivity index (χ0v) is 16.6. The predicted molar refractivity (Wildman–Crippen MR) is 110 cm³/mol. The zero-order valence-electron chi connectivity index (χ0n) is 16.6. The third-order valence-electron chi connectivity index (χ3n) is 4.60. The van der Waals surface area contributed by atoms with Gasteiger partial charge in [0, 0.05) is 16.8 Å². The highest BCUT2D eigenvalue weighted by Crippen LogP contribution is 2.14. The summed E-state index contributed by atoms with van der Waals surface area (Å²) in [6.07, 6.45) is 1.64. The first kappa shape index (κ1) is 19.4. The Morgan fingerprint density at radius 3 is 2.43 bits per heavy atom. The van der Waals surface area contributed by atoms with Gasteiger partial charge in [0.1, 0.15) is 5.75 Å². The molecule has 0 aliphatic heterocycles. The second-order valence-electron chi connectivity index (χ2n) is 6.66. The van der Waals surface area contributed by atoms with Gasteiger partial charge in [0.15, 0.2) is 0 Å². The van der Waals surface area contributed by atoms with Crippen molar-refractivity contribution in [2.24, 2.45) is 5.10 Å². The second kappa shape index (κ2) is 8.52. The summed E-state index contributed by atoms with van der Waals surface area (Å²) < 4.78 is 7.05. The molecule has 0 aliphatic rings. The van der Waals surface area contributed by atoms with E-state index in [0.717, 1.165) is 17.0 Å². The number of hydrazone groups is 1. The van der Waals surface area contributed by atoms with Crippen molar-refractivity contribution in [3.05, 3.63) is 82.2 Å². The Hall–Kier alpha value is -3.41. The van der Waals surface area contributed by atoms with Crippen LogP contribution in [0, 0.1) is 20.8 Å². The van der Waals surface area contributed by atoms with Crippen LogP contribution in [0.2, 0.25) is 0 Å². The fourth-order valence-corrected chi connectivity index (χ4v) is 2.88. The monoisotopic (exact) mass is 376 g/mol. The van der Waals surface area contributed by atoms with E-state index in [9.17, 15) is 4.79 Å². The number of rotatable bonds is 6. The summed E-state index contributed by atoms with van der Waals surface area (Å²) in [4.78, 5) is 12.2. The number of hydrogen-bond acceptors (Lipinski definition) is 4. The van der Waals surface area contributed by atoms with Gasteiger partial charge in [0.25, 0.3) is 5.91 Å². The van der Waals surface area contributed by atoms with Gasteiger partial charge in [-0.3, -0.25) is 9.48 Å². The maximum Gasteiger partial charge on any atom is 0.271 e. The molecule has 3 aromatic rings. The van der Waals surface area contributed by atoms with E-state index in [1.165, 1.54) is 11.1 Å². The number of carbonyl (C=O) groups excluding carboxylic acids is 1. The maximum atomic E-state index is 12.2. The minimum Gasteiger partial charge on any atom is -0.497 e. The molecule has 6 heteroatoms. The largest absolute Gasteiger partial charge is 0.497 e. The van der Waals surface area contributed by atoms with Crippen molar-refractivity contribution in [2.75, 3.05) is 7.11 Å². The lowest BCUT2D eigenvalue weighted by molar-refractivity contribution is 0.0955. The molecule has 0 bridgehead atoms. The van der Waals surface area contributed by atoms with Crippen LogP contribution in [0.4, 0.5) is 0 Å². The fraction of sp³-hybridized carbons (Fsp3) is 0.227. The second-order valence-corrected chi connectivity index (χ2v) is 6.66. The van der Waals surface area contributed by atoms with Gasteiger partial charge in [-0.15, -0.1) is 0 Å². The molecular formula is C22H24N4O2. The first-order chi connectivity index (χ1) is 13.5. The molecule has 3 rings (SSSR count). The number of benzene rings is 2. The molecule has 6 nitrogen and oxygen atoms in total. The molecule has 0 atom stereocenters. The molecule has 2 aromatic carbocycles. The van der Waals surface area contributed by atoms with Crippen LogP contribution < -0.4 is 10.2 Å². The number of nitrogens with zero attached hydrogens (tertiary/aromatic N) is 3. The summed E-state index contributed by atoms with van der Waals surface area (Å²) in [7, 11) is 1.59. The number of aryl methyl sites for hydroxylation is 2. The molecule has 1 aromatic heterocycles. The minimum absolute atomic E-state index is 0.277. The molecule has 1 amide bonds. The quantitative estimate of drug-likeness (QED) is 0.528. The molecule has 28 heavy (non-hydrogen) atoms. The summed E-state index contributed by atoms with van der Waals surface area (Å²) in [5, 5.41) is 8.71. The Labute approximate surface area is 164 Å². The Kier molecular flexibility index (Phi) is 5.89. The number of aromatic nitrogens is 2. The van der Waals surface area contributed by atoms with Gasteiger partial charge in [0.05, 0.1) is 25.6 Å². The van der Waals surface area contributed by atoms with Gasteiger partial charge < -0.3 is 4.74 Å². The summed E-state index contributed by atoms with van der Waals surface area (Å²) >= 11 is 0. The zero-order chi connectivity index (χ0) is 20.1. The van der Waals surface area contributed by atoms with E-state index in [-0.39, 0.29) is 5.91 Å². The van der Waals surface area contributed by atoms with Crippen molar-refractivity contribution in [1.82, 2.24) is 15.2 Å². The topological polar surface area (TPSA) is 68.5 Å². The molecule has 0 spiro atoms. The van der Waals surface area contributed by atoms with Gasteiger partial charge >= 0.3 is 0 Å². The Bertz CT molecular complexity index is 987. The van der Waals surface area contributed by atoms with Gasteiger partial charge in [-0.1, -0.05) is 29.8 Å². The lowest BCUT2D eigenvalue weighted by atomic mass is 10.1. The van der Waals surface area contributed by atoms with E-state index in [2.05, 4.69) is 46.8 Å². The molecule has 1 N–H and O–H groups in total. The van der Waals surface area contributed by atoms with Crippen LogP contribution in [0.25, 0.3) is 0 Å². The van der Waals surface area contributed by atoms with Crippen LogP contribution in [-0.4, -0.2) is 29.0 Å². The molecule has 0 fully saturated rings. The lowest BCUT2D eigenvalue weighted by Gasteiger charge is -2.05. The van der Waals surface area contributed by atoms with Crippen molar-refractivity contribution >= 4 is 12.1 Å². The molecule has 0 unspecified atom stereocenters. The van der Waals surface area contributed by atoms with Gasteiger partial charge in [-0.25, -0.2) is 5.43 Å². The average molecular weight is 376 g/mol. The van der Waals surface area contributed by atoms with E-state index in [1.54, 1.807) is 37.6 Å². The van der Waals surface area contributed by atoms with Crippen molar-refractivity contribution in [3.63, 3.8) is 0 Å². The van der Waals surface area contributed by atoms with Gasteiger partial charge in [0.2, 0.25) is 0 Å². The minimum atomic E-state index is -0.277. The van der Waals surface area contributed by atoms with Crippen LogP contribution in [0.1, 0.15) is 38.4 Å². The van der Waals surface area contributed by atoms with Crippen LogP contribution in [0.3, 0.4) is 0 Å². The van der Waals surface area contributed by atoms with Gasteiger partial charge in [-0.05, 0) is 50.6 Å². The number of nitrogens with one attached hydrogen (secondary N) is 1.